The molecule has 2 amide bonds. The lowest BCUT2D eigenvalue weighted by atomic mass is 9.71. The zero-order valence-corrected chi connectivity index (χ0v) is 24.5. The van der Waals surface area contributed by atoms with E-state index in [9.17, 15) is 23.1 Å². The maximum Gasteiger partial charge on any atom is 0.405 e. The molecule has 1 aromatic heterocycles. The number of nitrogens with zero attached hydrogens (tertiary/aromatic N) is 2. The number of hydrogen-bond donors (Lipinski definition) is 3. The Hall–Kier alpha value is -3.83. The summed E-state index contributed by atoms with van der Waals surface area (Å²) in [5, 5.41) is 14.4. The predicted molar refractivity (Wildman–Crippen MR) is 162 cm³/mol. The number of rotatable bonds is 9. The van der Waals surface area contributed by atoms with Gasteiger partial charge in [-0.05, 0) is 62.1 Å². The van der Waals surface area contributed by atoms with Crippen LogP contribution in [0.4, 0.5) is 14.9 Å². The predicted octanol–water partition coefficient (Wildman–Crippen LogP) is 5.54. The van der Waals surface area contributed by atoms with Gasteiger partial charge in [-0.3, -0.25) is 9.78 Å². The number of sulfonamides is 1. The SMILES string of the molecule is O=C(O)NC1(c2ccc(-c3ncc(NC(=O)C(F)C4CCN(S(=O)(=O)C5CC5)CC4)cc3-c3ccccc3)cc2)CCC1. The molecule has 43 heavy (non-hydrogen) atoms. The van der Waals surface area contributed by atoms with Crippen molar-refractivity contribution in [3.8, 4) is 22.4 Å². The lowest BCUT2D eigenvalue weighted by molar-refractivity contribution is -0.123. The number of aromatic nitrogens is 1. The fourth-order valence-corrected chi connectivity index (χ4v) is 8.07. The van der Waals surface area contributed by atoms with Crippen LogP contribution < -0.4 is 10.6 Å². The Morgan fingerprint density at radius 3 is 2.23 bits per heavy atom. The van der Waals surface area contributed by atoms with Gasteiger partial charge in [0.2, 0.25) is 10.0 Å². The summed E-state index contributed by atoms with van der Waals surface area (Å²) in [7, 11) is -3.30. The van der Waals surface area contributed by atoms with E-state index in [4.69, 9.17) is 0 Å². The van der Waals surface area contributed by atoms with Gasteiger partial charge in [0.05, 0.1) is 28.4 Å². The highest BCUT2D eigenvalue weighted by Crippen LogP contribution is 2.42. The highest BCUT2D eigenvalue weighted by atomic mass is 32.2. The molecule has 11 heteroatoms. The van der Waals surface area contributed by atoms with Crippen LogP contribution >= 0.6 is 0 Å². The van der Waals surface area contributed by atoms with Crippen molar-refractivity contribution in [3.63, 3.8) is 0 Å². The van der Waals surface area contributed by atoms with E-state index in [2.05, 4.69) is 15.6 Å². The minimum atomic E-state index is -3.30. The number of benzene rings is 2. The molecule has 1 unspecified atom stereocenters. The minimum Gasteiger partial charge on any atom is -0.465 e. The second kappa shape index (κ2) is 11.7. The molecule has 226 valence electrons. The topological polar surface area (TPSA) is 129 Å². The van der Waals surface area contributed by atoms with Gasteiger partial charge in [-0.15, -0.1) is 0 Å². The van der Waals surface area contributed by atoms with Crippen LogP contribution in [-0.4, -0.2) is 59.3 Å². The van der Waals surface area contributed by atoms with Crippen molar-refractivity contribution < 1.29 is 27.5 Å². The Morgan fingerprint density at radius 1 is 0.977 bits per heavy atom. The number of carbonyl (C=O) groups is 2. The average Bonchev–Trinajstić information content (AvgIpc) is 3.86. The third-order valence-corrected chi connectivity index (χ3v) is 11.4. The van der Waals surface area contributed by atoms with Gasteiger partial charge < -0.3 is 15.7 Å². The molecule has 3 aliphatic rings. The quantitative estimate of drug-likeness (QED) is 0.293. The molecular formula is C32H35FN4O5S. The van der Waals surface area contributed by atoms with Gasteiger partial charge in [0.15, 0.2) is 6.17 Å². The van der Waals surface area contributed by atoms with Gasteiger partial charge >= 0.3 is 6.09 Å². The Kier molecular flexibility index (Phi) is 7.95. The van der Waals surface area contributed by atoms with Crippen molar-refractivity contribution in [2.45, 2.75) is 61.9 Å². The van der Waals surface area contributed by atoms with Gasteiger partial charge in [-0.1, -0.05) is 54.6 Å². The highest BCUT2D eigenvalue weighted by Gasteiger charge is 2.43. The molecule has 2 aliphatic carbocycles. The van der Waals surface area contributed by atoms with Gasteiger partial charge in [-0.2, -0.15) is 0 Å². The molecule has 1 atom stereocenters. The van der Waals surface area contributed by atoms with E-state index in [0.717, 1.165) is 41.5 Å². The number of carboxylic acid groups (broad SMARTS) is 1. The lowest BCUT2D eigenvalue weighted by Crippen LogP contribution is -2.50. The van der Waals surface area contributed by atoms with Crippen LogP contribution in [0.5, 0.6) is 0 Å². The van der Waals surface area contributed by atoms with E-state index in [0.29, 0.717) is 37.1 Å². The summed E-state index contributed by atoms with van der Waals surface area (Å²) in [5.41, 5.74) is 3.81. The maximum absolute atomic E-state index is 15.3. The highest BCUT2D eigenvalue weighted by molar-refractivity contribution is 7.90. The van der Waals surface area contributed by atoms with Crippen molar-refractivity contribution in [3.05, 3.63) is 72.4 Å². The first-order chi connectivity index (χ1) is 20.7. The normalized spacial score (nSPS) is 19.7. The fraction of sp³-hybridized carbons (Fsp3) is 0.406. The molecular weight excluding hydrogens is 571 g/mol. The van der Waals surface area contributed by atoms with Crippen molar-refractivity contribution in [1.29, 1.82) is 0 Å². The Bertz CT molecular complexity index is 1600. The lowest BCUT2D eigenvalue weighted by Gasteiger charge is -2.42. The molecule has 1 saturated heterocycles. The van der Waals surface area contributed by atoms with E-state index in [1.54, 1.807) is 6.07 Å². The second-order valence-electron chi connectivity index (χ2n) is 11.8. The number of piperidine rings is 1. The average molecular weight is 607 g/mol. The van der Waals surface area contributed by atoms with E-state index in [-0.39, 0.29) is 18.3 Å². The smallest absolute Gasteiger partial charge is 0.405 e. The Labute approximate surface area is 250 Å². The number of hydrogen-bond acceptors (Lipinski definition) is 5. The molecule has 0 bridgehead atoms. The molecule has 0 radical (unpaired) electrons. The van der Waals surface area contributed by atoms with Crippen molar-refractivity contribution >= 4 is 27.7 Å². The third kappa shape index (κ3) is 6.01. The second-order valence-corrected chi connectivity index (χ2v) is 14.0. The summed E-state index contributed by atoms with van der Waals surface area (Å²) in [6.07, 6.45) is 3.10. The van der Waals surface area contributed by atoms with Crippen LogP contribution in [0.1, 0.15) is 50.5 Å². The van der Waals surface area contributed by atoms with Gasteiger partial charge in [0, 0.05) is 30.1 Å². The Balaban J connectivity index is 1.19. The summed E-state index contributed by atoms with van der Waals surface area (Å²) in [4.78, 5) is 29.0. The van der Waals surface area contributed by atoms with Crippen molar-refractivity contribution in [2.24, 2.45) is 5.92 Å². The number of halogens is 1. The molecule has 3 fully saturated rings. The number of pyridine rings is 1. The molecule has 1 aliphatic heterocycles. The maximum atomic E-state index is 15.3. The summed E-state index contributed by atoms with van der Waals surface area (Å²) >= 11 is 0. The molecule has 2 heterocycles. The largest absolute Gasteiger partial charge is 0.465 e. The van der Waals surface area contributed by atoms with Crippen LogP contribution in [0.25, 0.3) is 22.4 Å². The van der Waals surface area contributed by atoms with Crippen LogP contribution in [-0.2, 0) is 20.4 Å². The van der Waals surface area contributed by atoms with Crippen LogP contribution in [0.15, 0.2) is 66.9 Å². The Morgan fingerprint density at radius 2 is 1.65 bits per heavy atom. The van der Waals surface area contributed by atoms with Gasteiger partial charge in [0.1, 0.15) is 0 Å². The number of alkyl halides is 1. The fourth-order valence-electron chi connectivity index (χ4n) is 6.19. The van der Waals surface area contributed by atoms with Crippen molar-refractivity contribution in [1.82, 2.24) is 14.6 Å². The molecule has 3 N–H and O–H groups in total. The standard InChI is InChI=1S/C32H35FN4O5S/c33-28(22-13-17-37(18-14-22)43(41,42)26-11-12-26)30(38)35-25-19-27(21-5-2-1-3-6-21)29(34-20-25)23-7-9-24(10-8-23)32(15-4-16-32)36-31(39)40/h1-3,5-10,19-20,22,26,28,36H,4,11-18H2,(H,35,38)(H,39,40). The van der Waals surface area contributed by atoms with Crippen LogP contribution in [0.3, 0.4) is 0 Å². The summed E-state index contributed by atoms with van der Waals surface area (Å²) < 4.78 is 41.8. The third-order valence-electron chi connectivity index (χ3n) is 8.97. The van der Waals surface area contributed by atoms with Crippen LogP contribution in [0, 0.1) is 5.92 Å². The monoisotopic (exact) mass is 606 g/mol. The zero-order chi connectivity index (χ0) is 30.2. The molecule has 9 nitrogen and oxygen atoms in total. The molecule has 2 aromatic carbocycles. The van der Waals surface area contributed by atoms with E-state index < -0.39 is 39.7 Å². The minimum absolute atomic E-state index is 0.234. The first-order valence-electron chi connectivity index (χ1n) is 14.8. The van der Waals surface area contributed by atoms with Gasteiger partial charge in [-0.25, -0.2) is 21.9 Å². The number of carbonyl (C=O) groups excluding carboxylic acids is 1. The first-order valence-corrected chi connectivity index (χ1v) is 16.3. The van der Waals surface area contributed by atoms with E-state index >= 15 is 4.39 Å². The van der Waals surface area contributed by atoms with Gasteiger partial charge in [0.25, 0.3) is 5.91 Å². The number of anilines is 1. The molecule has 0 spiro atoms. The van der Waals surface area contributed by atoms with Crippen molar-refractivity contribution in [2.75, 3.05) is 18.4 Å². The number of nitrogens with one attached hydrogen (secondary N) is 2. The van der Waals surface area contributed by atoms with E-state index in [1.165, 1.54) is 10.5 Å². The number of amides is 2. The van der Waals surface area contributed by atoms with E-state index in [1.807, 2.05) is 54.6 Å². The first kappa shape index (κ1) is 29.3. The van der Waals surface area contributed by atoms with Crippen LogP contribution in [0.2, 0.25) is 0 Å². The zero-order valence-electron chi connectivity index (χ0n) is 23.7. The summed E-state index contributed by atoms with van der Waals surface area (Å²) in [6.45, 7) is 0.468. The summed E-state index contributed by atoms with van der Waals surface area (Å²) in [5.74, 6) is -1.32. The molecule has 6 rings (SSSR count). The molecule has 3 aromatic rings. The summed E-state index contributed by atoms with van der Waals surface area (Å²) in [6, 6.07) is 19.0. The molecule has 2 saturated carbocycles.